The zero-order chi connectivity index (χ0) is 52.5. The maximum atomic E-state index is 13.7. The largest absolute Gasteiger partial charge is 0.494 e. The number of alkyl halides is 9. The summed E-state index contributed by atoms with van der Waals surface area (Å²) in [6.07, 6.45) is 3.77. The van der Waals surface area contributed by atoms with Crippen LogP contribution in [0, 0.1) is 0 Å². The molecular formula is C57H57F9O6S. The molecule has 0 aliphatic rings. The van der Waals surface area contributed by atoms with Crippen LogP contribution in [0.3, 0.4) is 0 Å². The number of carbonyl (C=O) groups excluding carboxylic acids is 2. The van der Waals surface area contributed by atoms with Crippen molar-refractivity contribution in [3.05, 3.63) is 145 Å². The molecule has 6 rings (SSSR count). The highest BCUT2D eigenvalue weighted by Crippen LogP contribution is 2.54. The lowest BCUT2D eigenvalue weighted by atomic mass is 9.98. The van der Waals surface area contributed by atoms with E-state index in [4.69, 9.17) is 18.9 Å². The molecule has 1 aromatic heterocycles. The lowest BCUT2D eigenvalue weighted by Gasteiger charge is -2.33. The Balaban J connectivity index is 0.920. The summed E-state index contributed by atoms with van der Waals surface area (Å²) in [5, 5.41) is 2.09. The SMILES string of the molecule is C=CCCCCCCCCCOc1ccc(C(=O)Oc2ccc(-c3sc(-c4ccc(OC(=O)c5ccc(OCCCCCCCCC(F)(F)C(F)(F)C(F)(F)C(F)(F)F)cc5)cc4)c4ccccc34)cc2)cc1. The lowest BCUT2D eigenvalue weighted by Crippen LogP contribution is -2.60. The molecule has 0 N–H and O–H groups in total. The van der Waals surface area contributed by atoms with E-state index >= 15 is 0 Å². The quantitative estimate of drug-likeness (QED) is 0.0153. The number of halogens is 9. The second-order valence-electron chi connectivity index (χ2n) is 17.7. The summed E-state index contributed by atoms with van der Waals surface area (Å²) in [5.74, 6) is -18.1. The molecule has 0 saturated carbocycles. The Morgan fingerprint density at radius 2 is 0.822 bits per heavy atom. The van der Waals surface area contributed by atoms with Crippen LogP contribution in [0.25, 0.3) is 31.7 Å². The number of carbonyl (C=O) groups is 2. The van der Waals surface area contributed by atoms with Crippen LogP contribution < -0.4 is 18.9 Å². The van der Waals surface area contributed by atoms with Gasteiger partial charge in [0.25, 0.3) is 0 Å². The summed E-state index contributed by atoms with van der Waals surface area (Å²) >= 11 is 1.61. The maximum absolute atomic E-state index is 13.7. The zero-order valence-corrected chi connectivity index (χ0v) is 40.9. The van der Waals surface area contributed by atoms with E-state index in [0.29, 0.717) is 54.4 Å². The van der Waals surface area contributed by atoms with Crippen molar-refractivity contribution in [1.82, 2.24) is 0 Å². The number of allylic oxidation sites excluding steroid dienone is 1. The Morgan fingerprint density at radius 3 is 1.22 bits per heavy atom. The van der Waals surface area contributed by atoms with Gasteiger partial charge in [0.1, 0.15) is 23.0 Å². The lowest BCUT2D eigenvalue weighted by molar-refractivity contribution is -0.396. The van der Waals surface area contributed by atoms with Crippen LogP contribution in [0.1, 0.15) is 117 Å². The molecule has 0 unspecified atom stereocenters. The van der Waals surface area contributed by atoms with Gasteiger partial charge in [-0.2, -0.15) is 39.5 Å². The van der Waals surface area contributed by atoms with Gasteiger partial charge in [-0.3, -0.25) is 0 Å². The number of fused-ring (bicyclic) bond motifs is 1. The maximum Gasteiger partial charge on any atom is 0.460 e. The minimum Gasteiger partial charge on any atom is -0.494 e. The van der Waals surface area contributed by atoms with Crippen LogP contribution >= 0.6 is 11.3 Å². The first-order valence-corrected chi connectivity index (χ1v) is 25.2. The van der Waals surface area contributed by atoms with E-state index in [9.17, 15) is 49.1 Å². The predicted octanol–water partition coefficient (Wildman–Crippen LogP) is 17.9. The molecule has 0 radical (unpaired) electrons. The van der Waals surface area contributed by atoms with Crippen LogP contribution in [0.5, 0.6) is 23.0 Å². The van der Waals surface area contributed by atoms with E-state index in [1.807, 2.05) is 48.5 Å². The molecule has 0 fully saturated rings. The monoisotopic (exact) mass is 1040 g/mol. The van der Waals surface area contributed by atoms with Crippen molar-refractivity contribution in [3.8, 4) is 43.9 Å². The molecule has 1 heterocycles. The molecule has 0 spiro atoms. The number of hydrogen-bond donors (Lipinski definition) is 0. The first-order valence-electron chi connectivity index (χ1n) is 24.4. The van der Waals surface area contributed by atoms with Crippen molar-refractivity contribution in [1.29, 1.82) is 0 Å². The predicted molar refractivity (Wildman–Crippen MR) is 267 cm³/mol. The number of hydrogen-bond acceptors (Lipinski definition) is 7. The van der Waals surface area contributed by atoms with Crippen molar-refractivity contribution in [2.24, 2.45) is 0 Å². The second kappa shape index (κ2) is 26.1. The van der Waals surface area contributed by atoms with Crippen LogP contribution in [0.2, 0.25) is 0 Å². The normalized spacial score (nSPS) is 12.2. The van der Waals surface area contributed by atoms with E-state index in [1.165, 1.54) is 44.2 Å². The summed E-state index contributed by atoms with van der Waals surface area (Å²) in [7, 11) is 0. The Hall–Kier alpha value is -6.29. The van der Waals surface area contributed by atoms with E-state index in [0.717, 1.165) is 50.9 Å². The summed E-state index contributed by atoms with van der Waals surface area (Å²) in [5.41, 5.74) is 2.55. The van der Waals surface area contributed by atoms with Crippen molar-refractivity contribution in [2.45, 2.75) is 120 Å². The van der Waals surface area contributed by atoms with Crippen molar-refractivity contribution in [3.63, 3.8) is 0 Å². The average Bonchev–Trinajstić information content (AvgIpc) is 3.76. The smallest absolute Gasteiger partial charge is 0.460 e. The third-order valence-corrected chi connectivity index (χ3v) is 13.5. The number of thiophene rings is 1. The van der Waals surface area contributed by atoms with Gasteiger partial charge in [0.15, 0.2) is 0 Å². The summed E-state index contributed by atoms with van der Waals surface area (Å²) in [4.78, 5) is 28.1. The van der Waals surface area contributed by atoms with Crippen LogP contribution in [0.15, 0.2) is 134 Å². The zero-order valence-electron chi connectivity index (χ0n) is 40.1. The number of unbranched alkanes of at least 4 members (excludes halogenated alkanes) is 12. The first kappa shape index (κ1) is 56.0. The van der Waals surface area contributed by atoms with E-state index in [2.05, 4.69) is 12.6 Å². The fourth-order valence-corrected chi connectivity index (χ4v) is 9.24. The second-order valence-corrected chi connectivity index (χ2v) is 18.7. The van der Waals surface area contributed by atoms with Crippen LogP contribution in [-0.4, -0.2) is 49.1 Å². The average molecular weight is 1040 g/mol. The van der Waals surface area contributed by atoms with E-state index in [1.54, 1.807) is 72.0 Å². The van der Waals surface area contributed by atoms with Gasteiger partial charge < -0.3 is 18.9 Å². The number of ether oxygens (including phenoxy) is 4. The van der Waals surface area contributed by atoms with Gasteiger partial charge in [-0.25, -0.2) is 9.59 Å². The minimum absolute atomic E-state index is 0.0649. The molecule has 5 aromatic carbocycles. The molecule has 0 aliphatic heterocycles. The van der Waals surface area contributed by atoms with Crippen molar-refractivity contribution >= 4 is 34.0 Å². The minimum atomic E-state index is -6.87. The molecule has 6 nitrogen and oxygen atoms in total. The summed E-state index contributed by atoms with van der Waals surface area (Å²) in [6.45, 7) is 4.65. The van der Waals surface area contributed by atoms with Crippen molar-refractivity contribution < 1.29 is 68.1 Å². The molecule has 6 aromatic rings. The topological polar surface area (TPSA) is 71.1 Å². The third kappa shape index (κ3) is 15.1. The fourth-order valence-electron chi connectivity index (χ4n) is 7.95. The highest BCUT2D eigenvalue weighted by molar-refractivity contribution is 7.21. The van der Waals surface area contributed by atoms with Crippen LogP contribution in [0.4, 0.5) is 39.5 Å². The summed E-state index contributed by atoms with van der Waals surface area (Å²) in [6, 6.07) is 35.9. The van der Waals surface area contributed by atoms with Gasteiger partial charge in [-0.15, -0.1) is 17.9 Å². The number of benzene rings is 5. The van der Waals surface area contributed by atoms with Crippen LogP contribution in [-0.2, 0) is 0 Å². The highest BCUT2D eigenvalue weighted by Gasteiger charge is 2.81. The highest BCUT2D eigenvalue weighted by atomic mass is 32.1. The Bertz CT molecular complexity index is 2680. The Morgan fingerprint density at radius 1 is 0.452 bits per heavy atom. The van der Waals surface area contributed by atoms with Gasteiger partial charge in [0, 0.05) is 26.9 Å². The van der Waals surface area contributed by atoms with Gasteiger partial charge in [0.2, 0.25) is 0 Å². The van der Waals surface area contributed by atoms with Gasteiger partial charge in [-0.05, 0) is 140 Å². The Labute approximate surface area is 423 Å². The molecule has 0 saturated heterocycles. The third-order valence-electron chi connectivity index (χ3n) is 12.1. The molecular weight excluding hydrogens is 984 g/mol. The van der Waals surface area contributed by atoms with Crippen molar-refractivity contribution in [2.75, 3.05) is 13.2 Å². The molecule has 0 bridgehead atoms. The Kier molecular flexibility index (Phi) is 20.0. The van der Waals surface area contributed by atoms with Gasteiger partial charge >= 0.3 is 35.9 Å². The molecule has 0 atom stereocenters. The van der Waals surface area contributed by atoms with E-state index < -0.39 is 48.7 Å². The molecule has 0 amide bonds. The van der Waals surface area contributed by atoms with Gasteiger partial charge in [-0.1, -0.05) is 88.1 Å². The molecule has 390 valence electrons. The number of esters is 2. The molecule has 73 heavy (non-hydrogen) atoms. The first-order chi connectivity index (χ1) is 34.9. The standard InChI is InChI=1S/C57H57F9O6S/c1-2-3-4-5-6-7-9-12-17-38-69-44-29-25-42(26-30-44)52(67)71-46-33-21-40(22-34-46)50-48-19-14-15-20-49(48)51(73-50)41-23-35-47(36-24-41)72-53(68)43-27-31-45(32-28-43)70-39-18-13-10-8-11-16-37-54(58,59)55(60,61)56(62,63)57(64,65)66/h2,14-15,19-36H,1,3-13,16-18,37-39H2. The fraction of sp³-hybridized carbons (Fsp3) is 0.368. The number of rotatable bonds is 29. The van der Waals surface area contributed by atoms with Gasteiger partial charge in [0.05, 0.1) is 24.3 Å². The molecule has 0 aliphatic carbocycles. The van der Waals surface area contributed by atoms with E-state index in [-0.39, 0.29) is 25.0 Å². The molecule has 16 heteroatoms. The summed E-state index contributed by atoms with van der Waals surface area (Å²) < 4.78 is 140.